The van der Waals surface area contributed by atoms with Crippen molar-refractivity contribution in [2.75, 3.05) is 67.4 Å². The molecule has 24 rings (SSSR count). The van der Waals surface area contributed by atoms with Gasteiger partial charge in [0.15, 0.2) is 0 Å². The van der Waals surface area contributed by atoms with Crippen LogP contribution in [0.4, 0.5) is 125 Å². The molecular weight excluding hydrogens is 1840 g/mol. The van der Waals surface area contributed by atoms with Gasteiger partial charge in [-0.1, -0.05) is 303 Å². The Hall–Kier alpha value is -20.5. The van der Waals surface area contributed by atoms with Crippen LogP contribution in [0.15, 0.2) is 534 Å². The number of nitrogens with zero attached hydrogens (tertiary/aromatic N) is 12. The second-order valence-corrected chi connectivity index (χ2v) is 36.5. The Morgan fingerprint density at radius 2 is 0.353 bits per heavy atom. The van der Waals surface area contributed by atoms with E-state index in [-0.39, 0.29) is 21.2 Å². The molecule has 0 N–H and O–H groups in total. The maximum Gasteiger partial charge on any atom is 0.271 e. The lowest BCUT2D eigenvalue weighted by Gasteiger charge is -2.29. The molecule has 24 aromatic rings. The third-order valence-electron chi connectivity index (χ3n) is 27.7. The minimum absolute atomic E-state index is 0.0732. The summed E-state index contributed by atoms with van der Waals surface area (Å²) >= 11 is 0. The van der Waals surface area contributed by atoms with Crippen LogP contribution in [0.3, 0.4) is 0 Å². The summed E-state index contributed by atoms with van der Waals surface area (Å²) < 4.78 is 0. The van der Waals surface area contributed by atoms with Gasteiger partial charge in [0.2, 0.25) is 0 Å². The van der Waals surface area contributed by atoms with E-state index in [1.165, 1.54) is 104 Å². The Labute approximate surface area is 870 Å². The molecule has 0 amide bonds. The van der Waals surface area contributed by atoms with Gasteiger partial charge in [0, 0.05) is 164 Å². The van der Waals surface area contributed by atoms with Gasteiger partial charge in [0.1, 0.15) is 0 Å². The molecule has 0 aromatic heterocycles. The van der Waals surface area contributed by atoms with Crippen LogP contribution >= 0.6 is 0 Å². The Bertz CT molecular complexity index is 8820. The average Bonchev–Trinajstić information content (AvgIpc) is 0.771. The van der Waals surface area contributed by atoms with Crippen molar-refractivity contribution < 1.29 is 9.85 Å². The van der Waals surface area contributed by atoms with Crippen LogP contribution in [0.25, 0.3) is 86.2 Å². The Kier molecular flexibility index (Phi) is 27.7. The molecule has 0 aliphatic heterocycles. The Balaban J connectivity index is 0.000000117. The Morgan fingerprint density at radius 1 is 0.173 bits per heavy atom. The summed E-state index contributed by atoms with van der Waals surface area (Å²) in [6.07, 6.45) is 0. The lowest BCUT2D eigenvalue weighted by Crippen LogP contribution is -2.12. The van der Waals surface area contributed by atoms with E-state index in [4.69, 9.17) is 5.26 Å². The molecule has 16 heteroatoms. The van der Waals surface area contributed by atoms with Crippen LogP contribution in [0.5, 0.6) is 0 Å². The average molecular weight is 1940 g/mol. The predicted octanol–water partition coefficient (Wildman–Crippen LogP) is 36.5. The fraction of sp³-hybridized carbons (Fsp3) is 0.0299. The maximum absolute atomic E-state index is 11.3. The number of nitro benzene ring substituents is 2. The summed E-state index contributed by atoms with van der Waals surface area (Å²) in [6, 6.07) is 186. The second kappa shape index (κ2) is 43.4. The highest BCUT2D eigenvalue weighted by atomic mass is 16.6. The third-order valence-corrected chi connectivity index (χ3v) is 27.7. The monoisotopic (exact) mass is 1940 g/mol. The van der Waals surface area contributed by atoms with Gasteiger partial charge in [-0.2, -0.15) is 10.5 Å². The number of nitro groups is 2. The van der Waals surface area contributed by atoms with Crippen LogP contribution < -0.4 is 39.2 Å². The largest absolute Gasteiger partial charge is 0.345 e. The number of non-ortho nitro benzene ring substituents is 2. The first-order valence-electron chi connectivity index (χ1n) is 49.5. The van der Waals surface area contributed by atoms with Gasteiger partial charge < -0.3 is 39.2 Å². The van der Waals surface area contributed by atoms with Crippen molar-refractivity contribution in [3.8, 4) is 12.1 Å². The topological polar surface area (TPSA) is 160 Å². The molecule has 0 spiro atoms. The van der Waals surface area contributed by atoms with Crippen molar-refractivity contribution in [1.82, 2.24) is 0 Å². The smallest absolute Gasteiger partial charge is 0.271 e. The van der Waals surface area contributed by atoms with Crippen molar-refractivity contribution in [2.45, 2.75) is 0 Å². The maximum atomic E-state index is 11.3. The van der Waals surface area contributed by atoms with Crippen LogP contribution in [-0.2, 0) is 0 Å². The lowest BCUT2D eigenvalue weighted by atomic mass is 10.0. The first kappa shape index (κ1) is 95.7. The number of anilines is 20. The summed E-state index contributed by atoms with van der Waals surface area (Å²) in [5.41, 5.74) is 22.4. The van der Waals surface area contributed by atoms with Gasteiger partial charge in [0.05, 0.1) is 78.6 Å². The van der Waals surface area contributed by atoms with Gasteiger partial charge >= 0.3 is 0 Å². The molecule has 0 atom stereocenters. The molecule has 0 heterocycles. The third kappa shape index (κ3) is 20.0. The van der Waals surface area contributed by atoms with E-state index in [1.807, 2.05) is 92.6 Å². The highest BCUT2D eigenvalue weighted by Gasteiger charge is 2.26. The van der Waals surface area contributed by atoms with Crippen LogP contribution in [0, 0.1) is 42.9 Å². The van der Waals surface area contributed by atoms with Gasteiger partial charge in [-0.15, -0.1) is 0 Å². The van der Waals surface area contributed by atoms with Crippen molar-refractivity contribution in [3.63, 3.8) is 0 Å². The summed E-state index contributed by atoms with van der Waals surface area (Å²) in [5.74, 6) is 0. The lowest BCUT2D eigenvalue weighted by molar-refractivity contribution is -0.385. The molecule has 16 nitrogen and oxygen atoms in total. The molecule has 0 bridgehead atoms. The molecule has 720 valence electrons. The molecule has 0 aliphatic carbocycles. The zero-order valence-electron chi connectivity index (χ0n) is 82.8. The summed E-state index contributed by atoms with van der Waals surface area (Å²) in [7, 11) is 7.95. The SMILES string of the molecule is CN(c1ccc(C#N)cc1)c1ccc(N(c2cccc3ccccc23)c2cccc3ccccc23)cc1.CN(c1ccc(N(c2cccc3ccccc23)c2cccc3ccccc23)cc1)c1ccc([N+](=O)[O-])cc1.CN(c1ccc(N(c2cccc3ccccc23)c2cccc3ccccc23)cc1)c1cccc(C#N)c1.CN(c1ccc(N(c2cccc3ccccc23)c2cccc3ccccc23)cc1)c1cccc([N+](=O)[O-])c1. The minimum Gasteiger partial charge on any atom is -0.345 e. The van der Waals surface area contributed by atoms with Crippen molar-refractivity contribution in [2.24, 2.45) is 0 Å². The number of hydrogen-bond acceptors (Lipinski definition) is 14. The van der Waals surface area contributed by atoms with Gasteiger partial charge in [-0.3, -0.25) is 20.2 Å². The molecule has 0 saturated heterocycles. The molecule has 150 heavy (non-hydrogen) atoms. The quantitative estimate of drug-likeness (QED) is 0.0466. The van der Waals surface area contributed by atoms with Gasteiger partial charge in [-0.05, 0) is 249 Å². The number of fused-ring (bicyclic) bond motifs is 8. The fourth-order valence-electron chi connectivity index (χ4n) is 19.9. The van der Waals surface area contributed by atoms with E-state index < -0.39 is 0 Å². The predicted molar refractivity (Wildman–Crippen MR) is 625 cm³/mol. The van der Waals surface area contributed by atoms with Crippen LogP contribution in [-0.4, -0.2) is 38.0 Å². The zero-order chi connectivity index (χ0) is 103. The molecular formula is C134H100N12O4. The van der Waals surface area contributed by atoms with Crippen molar-refractivity contribution >= 4 is 211 Å². The van der Waals surface area contributed by atoms with Gasteiger partial charge in [-0.25, -0.2) is 0 Å². The van der Waals surface area contributed by atoms with E-state index >= 15 is 0 Å². The summed E-state index contributed by atoms with van der Waals surface area (Å²) in [6.45, 7) is 0. The summed E-state index contributed by atoms with van der Waals surface area (Å²) in [4.78, 5) is 39.1. The summed E-state index contributed by atoms with van der Waals surface area (Å²) in [5, 5.41) is 59.8. The van der Waals surface area contributed by atoms with E-state index in [1.54, 1.807) is 24.3 Å². The molecule has 0 fully saturated rings. The first-order chi connectivity index (χ1) is 73.6. The van der Waals surface area contributed by atoms with E-state index in [9.17, 15) is 25.5 Å². The zero-order valence-corrected chi connectivity index (χ0v) is 82.8. The van der Waals surface area contributed by atoms with E-state index in [0.29, 0.717) is 11.1 Å². The molecule has 24 aromatic carbocycles. The minimum atomic E-state index is -0.381. The normalized spacial score (nSPS) is 10.9. The Morgan fingerprint density at radius 3 is 0.580 bits per heavy atom. The number of rotatable bonds is 22. The second-order valence-electron chi connectivity index (χ2n) is 36.5. The molecule has 0 radical (unpaired) electrons. The number of nitriles is 2. The fourth-order valence-corrected chi connectivity index (χ4v) is 19.9. The molecule has 0 aliphatic rings. The standard InChI is InChI=1S/2C34H25N3.2C33H25N3O2/c1-36(30-14-6-9-25(23-30)24-35)28-19-21-29(22-20-28)37(33-17-7-12-26-10-2-4-15-31(26)33)34-18-8-13-27-11-3-5-16-32(27)34;1-36(28-18-16-25(24-35)17-19-28)29-20-22-30(23-21-29)37(33-14-6-10-26-8-2-4-12-31(26)33)34-15-7-11-27-9-3-5-13-32(27)34;1-34(28-13-8-14-29(23-28)36(37)38)26-19-21-27(22-20-26)35(32-17-6-11-24-9-2-4-15-30(24)32)33-18-7-12-25-10-3-5-16-31(25)33;1-34(27-18-22-29(23-19-27)36(37)38)26-16-20-28(21-17-26)35(32-14-6-10-24-8-2-4-12-30(24)32)33-15-7-11-25-9-3-5-13-31(25)33/h2*2-23H,1H3;2*2-23H,1H3. The highest BCUT2D eigenvalue weighted by Crippen LogP contribution is 2.50. The van der Waals surface area contributed by atoms with E-state index in [0.717, 1.165) is 114 Å². The van der Waals surface area contributed by atoms with Crippen molar-refractivity contribution in [3.05, 3.63) is 565 Å². The number of benzene rings is 24. The van der Waals surface area contributed by atoms with Crippen LogP contribution in [0.1, 0.15) is 11.1 Å². The number of hydrogen-bond donors (Lipinski definition) is 0. The first-order valence-corrected chi connectivity index (χ1v) is 49.5. The van der Waals surface area contributed by atoms with Crippen molar-refractivity contribution in [1.29, 1.82) is 10.5 Å². The molecule has 0 unspecified atom stereocenters. The van der Waals surface area contributed by atoms with E-state index in [2.05, 4.69) is 478 Å². The molecule has 0 saturated carbocycles. The van der Waals surface area contributed by atoms with Crippen LogP contribution in [0.2, 0.25) is 0 Å². The highest BCUT2D eigenvalue weighted by molar-refractivity contribution is 6.10. The van der Waals surface area contributed by atoms with Gasteiger partial charge in [0.25, 0.3) is 11.4 Å².